The van der Waals surface area contributed by atoms with Crippen molar-refractivity contribution in [1.29, 1.82) is 0 Å². The zero-order valence-electron chi connectivity index (χ0n) is 78.4. The minimum atomic E-state index is -4.60. The summed E-state index contributed by atoms with van der Waals surface area (Å²) in [5, 5.41) is 1.56. The van der Waals surface area contributed by atoms with Gasteiger partial charge in [-0.1, -0.05) is 143 Å². The van der Waals surface area contributed by atoms with Crippen LogP contribution in [0, 0.1) is 0 Å². The van der Waals surface area contributed by atoms with Gasteiger partial charge in [0.25, 0.3) is 0 Å². The lowest BCUT2D eigenvalue weighted by atomic mass is 9.83. The average Bonchev–Trinajstić information content (AvgIpc) is 1.11. The maximum Gasteiger partial charge on any atom is 0.433 e. The quantitative estimate of drug-likeness (QED) is 0.0250. The molecule has 140 heavy (non-hydrogen) atoms. The highest BCUT2D eigenvalue weighted by atomic mass is 35.5. The first-order valence-electron chi connectivity index (χ1n) is 45.8. The fraction of sp³-hybridized carbons (Fsp3) is 0.404. The van der Waals surface area contributed by atoms with E-state index in [9.17, 15) is 64.7 Å². The van der Waals surface area contributed by atoms with Crippen molar-refractivity contribution in [3.8, 4) is 23.0 Å². The van der Waals surface area contributed by atoms with Crippen molar-refractivity contribution >= 4 is 93.9 Å². The van der Waals surface area contributed by atoms with Gasteiger partial charge >= 0.3 is 36.2 Å². The van der Waals surface area contributed by atoms with Gasteiger partial charge in [0, 0.05) is 133 Å². The van der Waals surface area contributed by atoms with Crippen LogP contribution in [0.5, 0.6) is 23.0 Å². The number of hydrogen-bond donors (Lipinski definition) is 0. The molecule has 2 aromatic heterocycles. The van der Waals surface area contributed by atoms with Crippen LogP contribution in [-0.2, 0) is 115 Å². The molecule has 0 N–H and O–H groups in total. The molecule has 744 valence electrons. The van der Waals surface area contributed by atoms with E-state index in [0.717, 1.165) is 98.1 Å². The number of allylic oxidation sites excluding steroid dienone is 4. The van der Waals surface area contributed by atoms with Gasteiger partial charge in [-0.2, -0.15) is 26.3 Å². The maximum absolute atomic E-state index is 13.5. The third kappa shape index (κ3) is 26.3. The summed E-state index contributed by atoms with van der Waals surface area (Å²) in [6, 6.07) is 43.5. The summed E-state index contributed by atoms with van der Waals surface area (Å²) in [7, 11) is 6.17. The summed E-state index contributed by atoms with van der Waals surface area (Å²) in [4.78, 5) is 120. The van der Waals surface area contributed by atoms with E-state index in [4.69, 9.17) is 103 Å². The Bertz CT molecular complexity index is 5580. The van der Waals surface area contributed by atoms with Crippen molar-refractivity contribution < 1.29 is 122 Å². The number of benzene rings is 6. The first-order valence-corrected chi connectivity index (χ1v) is 47.3. The topological polar surface area (TPSA) is 286 Å². The zero-order valence-corrected chi connectivity index (χ0v) is 81.4. The predicted molar refractivity (Wildman–Crippen MR) is 506 cm³/mol. The third-order valence-electron chi connectivity index (χ3n) is 25.7. The number of para-hydroxylation sites is 4. The van der Waals surface area contributed by atoms with E-state index in [-0.39, 0.29) is 111 Å². The first kappa shape index (κ1) is 105. The Morgan fingerprint density at radius 1 is 0.343 bits per heavy atom. The summed E-state index contributed by atoms with van der Waals surface area (Å²) in [6.07, 6.45) is -0.256. The number of amides is 4. The molecule has 8 atom stereocenters. The number of aromatic nitrogens is 2. The number of hydrogen-bond acceptors (Lipinski definition) is 22. The lowest BCUT2D eigenvalue weighted by molar-refractivity contribution is -0.143. The summed E-state index contributed by atoms with van der Waals surface area (Å²) in [5.74, 6) is -3.08. The molecule has 0 bridgehead atoms. The standard InChI is InChI=1S/2C26H27Cl2NO5.2C26H27F3N2O5/c2*1-16-25(26(31)34-15-18-6-3-4-8-23(18)32-2)20(17-9-10-21(27)22(28)12-17)13-24(30)29(16)14-19-7-5-11-33-19;2*1-16-24(25(33)36-15-18-6-3-4-8-21(18)34-2)20(17-9-10-22(30-13-17)26(27,28)29)12-23(32)31(16)14-19-7-5-11-35-19/h2*3-4,6,8-10,12,19-20H,5,7,11,13-15H2,1-2H3;2*3-4,6,8-10,13,19-20H,5,7,11-12,14-15H2,1-2H3/t4*19-,20+/m1010/s1. The second-order valence-corrected chi connectivity index (χ2v) is 36.1. The van der Waals surface area contributed by atoms with E-state index in [0.29, 0.717) is 152 Å². The van der Waals surface area contributed by atoms with Crippen LogP contribution < -0.4 is 18.9 Å². The number of pyridine rings is 2. The first-order chi connectivity index (χ1) is 67.1. The Hall–Kier alpha value is -11.9. The van der Waals surface area contributed by atoms with Gasteiger partial charge in [-0.15, -0.1) is 0 Å². The van der Waals surface area contributed by atoms with Gasteiger partial charge in [0.15, 0.2) is 0 Å². The Balaban J connectivity index is 0.000000157. The summed E-state index contributed by atoms with van der Waals surface area (Å²) in [6.45, 7) is 10.9. The molecule has 4 fully saturated rings. The molecule has 8 aliphatic rings. The summed E-state index contributed by atoms with van der Waals surface area (Å²) in [5.41, 5.74) is 6.11. The van der Waals surface area contributed by atoms with E-state index in [2.05, 4.69) is 9.97 Å². The molecule has 6 aromatic carbocycles. The lowest BCUT2D eigenvalue weighted by Crippen LogP contribution is -2.42. The highest BCUT2D eigenvalue weighted by Crippen LogP contribution is 2.46. The third-order valence-corrected chi connectivity index (χ3v) is 27.1. The molecule has 0 aliphatic carbocycles. The van der Waals surface area contributed by atoms with Crippen LogP contribution in [0.2, 0.25) is 20.1 Å². The van der Waals surface area contributed by atoms with E-state index in [1.807, 2.05) is 48.5 Å². The molecule has 0 spiro atoms. The number of nitrogens with zero attached hydrogens (tertiary/aromatic N) is 6. The number of rotatable bonds is 28. The van der Waals surface area contributed by atoms with Crippen molar-refractivity contribution in [2.75, 3.05) is 81.0 Å². The fourth-order valence-corrected chi connectivity index (χ4v) is 18.9. The molecule has 8 aliphatic heterocycles. The molecular formula is C104H108Cl4F6N6O20. The van der Waals surface area contributed by atoms with Gasteiger partial charge in [-0.25, -0.2) is 19.2 Å². The van der Waals surface area contributed by atoms with Crippen LogP contribution in [-0.4, -0.2) is 183 Å². The molecule has 4 saturated heterocycles. The predicted octanol–water partition coefficient (Wildman–Crippen LogP) is 20.3. The number of esters is 4. The van der Waals surface area contributed by atoms with E-state index >= 15 is 0 Å². The second-order valence-electron chi connectivity index (χ2n) is 34.4. The van der Waals surface area contributed by atoms with Crippen LogP contribution in [0.3, 0.4) is 0 Å². The normalized spacial score (nSPS) is 20.6. The molecule has 26 nitrogen and oxygen atoms in total. The fourth-order valence-electron chi connectivity index (χ4n) is 18.3. The Morgan fingerprint density at radius 2 is 0.579 bits per heavy atom. The number of alkyl halides is 6. The smallest absolute Gasteiger partial charge is 0.433 e. The van der Waals surface area contributed by atoms with Crippen molar-refractivity contribution in [3.63, 3.8) is 0 Å². The maximum atomic E-state index is 13.5. The van der Waals surface area contributed by atoms with Gasteiger partial charge in [0.05, 0.1) is 121 Å². The summed E-state index contributed by atoms with van der Waals surface area (Å²) < 4.78 is 145. The number of halogens is 10. The highest BCUT2D eigenvalue weighted by molar-refractivity contribution is 6.42. The Morgan fingerprint density at radius 3 is 0.786 bits per heavy atom. The molecule has 16 rings (SSSR count). The number of ether oxygens (including phenoxy) is 12. The highest BCUT2D eigenvalue weighted by Gasteiger charge is 2.45. The monoisotopic (exact) mass is 2010 g/mol. The average molecular weight is 2020 g/mol. The van der Waals surface area contributed by atoms with E-state index in [1.165, 1.54) is 36.2 Å². The molecule has 4 amide bonds. The van der Waals surface area contributed by atoms with Crippen LogP contribution in [0.15, 0.2) is 215 Å². The molecule has 36 heteroatoms. The number of carbonyl (C=O) groups excluding carboxylic acids is 8. The molecule has 10 heterocycles. The lowest BCUT2D eigenvalue weighted by Gasteiger charge is -2.35. The van der Waals surface area contributed by atoms with Gasteiger partial charge in [0.2, 0.25) is 23.6 Å². The van der Waals surface area contributed by atoms with Crippen LogP contribution in [0.4, 0.5) is 26.3 Å². The molecule has 0 unspecified atom stereocenters. The molecule has 0 saturated carbocycles. The molecule has 8 aromatic rings. The van der Waals surface area contributed by atoms with Crippen molar-refractivity contribution in [3.05, 3.63) is 291 Å². The van der Waals surface area contributed by atoms with Crippen molar-refractivity contribution in [1.82, 2.24) is 29.6 Å². The molecule has 0 radical (unpaired) electrons. The minimum absolute atomic E-state index is 0.0359. The SMILES string of the molecule is COc1ccccc1COC(=O)C1=C(C)N(C[C@@H]2CCCO2)C(=O)C[C@@H]1c1ccc(C(F)(F)F)nc1.COc1ccccc1COC(=O)C1=C(C)N(C[C@@H]2CCCO2)C(=O)C[C@@H]1c1ccc(Cl)c(Cl)c1.COc1ccccc1COC(=O)C1=C(C)N(C[C@H]2CCCO2)C(=O)C[C@H]1c1ccc(C(F)(F)F)nc1.COc1ccccc1COC(=O)C1=C(C)N(C[C@H]2CCCO2)C(=O)C[C@H]1c1ccc(Cl)c(Cl)c1. The number of methoxy groups -OCH3 is 4. The van der Waals surface area contributed by atoms with E-state index < -0.39 is 71.3 Å². The van der Waals surface area contributed by atoms with Crippen LogP contribution >= 0.6 is 46.4 Å². The largest absolute Gasteiger partial charge is 0.496 e. The van der Waals surface area contributed by atoms with Gasteiger partial charge < -0.3 is 76.4 Å². The minimum Gasteiger partial charge on any atom is -0.496 e. The van der Waals surface area contributed by atoms with Gasteiger partial charge in [0.1, 0.15) is 60.8 Å². The Labute approximate surface area is 827 Å². The van der Waals surface area contributed by atoms with Gasteiger partial charge in [-0.05, 0) is 162 Å². The van der Waals surface area contributed by atoms with E-state index in [1.54, 1.807) is 137 Å². The van der Waals surface area contributed by atoms with Crippen LogP contribution in [0.1, 0.15) is 184 Å². The van der Waals surface area contributed by atoms with Crippen molar-refractivity contribution in [2.45, 2.75) is 192 Å². The summed E-state index contributed by atoms with van der Waals surface area (Å²) >= 11 is 24.7. The zero-order chi connectivity index (χ0) is 100. The van der Waals surface area contributed by atoms with Crippen molar-refractivity contribution in [2.24, 2.45) is 0 Å². The molecular weight excluding hydrogens is 1910 g/mol. The van der Waals surface area contributed by atoms with Gasteiger partial charge in [-0.3, -0.25) is 29.1 Å². The van der Waals surface area contributed by atoms with Crippen LogP contribution in [0.25, 0.3) is 0 Å². The number of carbonyl (C=O) groups is 8. The Kier molecular flexibility index (Phi) is 36.6. The second kappa shape index (κ2) is 48.5.